The maximum atomic E-state index is 2.44. The third-order valence-corrected chi connectivity index (χ3v) is 8.94. The summed E-state index contributed by atoms with van der Waals surface area (Å²) in [7, 11) is 0. The fraction of sp³-hybridized carbons (Fsp3) is 0. The van der Waals surface area contributed by atoms with Gasteiger partial charge in [-0.1, -0.05) is 127 Å². The van der Waals surface area contributed by atoms with Crippen LogP contribution in [0.5, 0.6) is 0 Å². The lowest BCUT2D eigenvalue weighted by atomic mass is 9.96. The maximum absolute atomic E-state index is 2.44. The molecule has 0 atom stereocenters. The summed E-state index contributed by atoms with van der Waals surface area (Å²) in [6.45, 7) is 0. The van der Waals surface area contributed by atoms with Gasteiger partial charge in [0.1, 0.15) is 0 Å². The Labute approximate surface area is 255 Å². The summed E-state index contributed by atoms with van der Waals surface area (Å²) in [5, 5.41) is 10.1. The largest absolute Gasteiger partial charge is 0.308 e. The van der Waals surface area contributed by atoms with E-state index in [1.165, 1.54) is 54.1 Å². The molecule has 0 aliphatic carbocycles. The van der Waals surface area contributed by atoms with Gasteiger partial charge in [0.25, 0.3) is 0 Å². The van der Waals surface area contributed by atoms with Crippen LogP contribution in [-0.2, 0) is 0 Å². The van der Waals surface area contributed by atoms with Gasteiger partial charge in [-0.3, -0.25) is 0 Å². The van der Waals surface area contributed by atoms with Gasteiger partial charge < -0.3 is 9.47 Å². The second kappa shape index (κ2) is 9.86. The number of para-hydroxylation sites is 4. The number of anilines is 3. The highest BCUT2D eigenvalue weighted by molar-refractivity contribution is 6.20. The summed E-state index contributed by atoms with van der Waals surface area (Å²) in [4.78, 5) is 2.44. The lowest BCUT2D eigenvalue weighted by Gasteiger charge is -2.28. The van der Waals surface area contributed by atoms with E-state index >= 15 is 0 Å². The van der Waals surface area contributed by atoms with Gasteiger partial charge in [-0.25, -0.2) is 0 Å². The van der Waals surface area contributed by atoms with Crippen molar-refractivity contribution in [1.29, 1.82) is 0 Å². The van der Waals surface area contributed by atoms with Crippen LogP contribution in [0.1, 0.15) is 0 Å². The predicted molar refractivity (Wildman–Crippen MR) is 188 cm³/mol. The standard InChI is InChI=1S/C42H28N2/c1-3-14-30(15-4-1)43(39-23-11-20-33-35-26-25-29-13-7-8-18-32(29)34(35)27-28-37(33)39)41-24-12-21-38-36-19-9-10-22-40(36)44(42(38)41)31-16-5-2-6-17-31/h1-28H. The highest BCUT2D eigenvalue weighted by Crippen LogP contribution is 2.46. The van der Waals surface area contributed by atoms with E-state index in [9.17, 15) is 0 Å². The molecule has 0 amide bonds. The molecule has 9 aromatic rings. The summed E-state index contributed by atoms with van der Waals surface area (Å²) in [5.74, 6) is 0. The molecule has 0 bridgehead atoms. The summed E-state index contributed by atoms with van der Waals surface area (Å²) in [6.07, 6.45) is 0. The Hall–Kier alpha value is -5.86. The summed E-state index contributed by atoms with van der Waals surface area (Å²) in [5.41, 5.74) is 6.95. The monoisotopic (exact) mass is 560 g/mol. The van der Waals surface area contributed by atoms with Gasteiger partial charge in [0.2, 0.25) is 0 Å². The second-order valence-corrected chi connectivity index (χ2v) is 11.4. The van der Waals surface area contributed by atoms with E-state index in [0.29, 0.717) is 0 Å². The van der Waals surface area contributed by atoms with E-state index < -0.39 is 0 Å². The third-order valence-electron chi connectivity index (χ3n) is 8.94. The molecular weight excluding hydrogens is 532 g/mol. The van der Waals surface area contributed by atoms with Crippen LogP contribution in [-0.4, -0.2) is 4.57 Å². The van der Waals surface area contributed by atoms with Crippen molar-refractivity contribution in [3.63, 3.8) is 0 Å². The topological polar surface area (TPSA) is 8.17 Å². The number of hydrogen-bond donors (Lipinski definition) is 0. The molecule has 0 radical (unpaired) electrons. The number of fused-ring (bicyclic) bond motifs is 8. The van der Waals surface area contributed by atoms with Crippen LogP contribution in [0.4, 0.5) is 17.1 Å². The first kappa shape index (κ1) is 24.7. The Morgan fingerprint density at radius 1 is 0.341 bits per heavy atom. The van der Waals surface area contributed by atoms with Crippen LogP contribution in [0, 0.1) is 0 Å². The third kappa shape index (κ3) is 3.68. The Balaban J connectivity index is 1.40. The fourth-order valence-corrected chi connectivity index (χ4v) is 7.05. The molecule has 0 unspecified atom stereocenters. The maximum Gasteiger partial charge on any atom is 0.0782 e. The first-order valence-corrected chi connectivity index (χ1v) is 15.1. The average Bonchev–Trinajstić information content (AvgIpc) is 3.44. The van der Waals surface area contributed by atoms with Crippen molar-refractivity contribution < 1.29 is 0 Å². The minimum Gasteiger partial charge on any atom is -0.308 e. The number of hydrogen-bond acceptors (Lipinski definition) is 1. The van der Waals surface area contributed by atoms with E-state index in [4.69, 9.17) is 0 Å². The van der Waals surface area contributed by atoms with Gasteiger partial charge in [-0.15, -0.1) is 0 Å². The fourth-order valence-electron chi connectivity index (χ4n) is 7.05. The summed E-state index contributed by atoms with van der Waals surface area (Å²) in [6, 6.07) is 61.5. The highest BCUT2D eigenvalue weighted by atomic mass is 15.2. The van der Waals surface area contributed by atoms with Gasteiger partial charge >= 0.3 is 0 Å². The molecule has 0 saturated carbocycles. The summed E-state index contributed by atoms with van der Waals surface area (Å²) < 4.78 is 2.42. The molecule has 0 aliphatic rings. The molecule has 0 N–H and O–H groups in total. The molecule has 44 heavy (non-hydrogen) atoms. The number of rotatable bonds is 4. The minimum absolute atomic E-state index is 1.12. The highest BCUT2D eigenvalue weighted by Gasteiger charge is 2.22. The molecule has 0 aliphatic heterocycles. The Bertz CT molecular complexity index is 2490. The van der Waals surface area contributed by atoms with Crippen molar-refractivity contribution >= 4 is 71.2 Å². The van der Waals surface area contributed by atoms with E-state index in [1.807, 2.05) is 0 Å². The quantitative estimate of drug-likeness (QED) is 0.194. The van der Waals surface area contributed by atoms with Gasteiger partial charge in [-0.05, 0) is 69.4 Å². The zero-order valence-electron chi connectivity index (χ0n) is 24.1. The molecule has 0 fully saturated rings. The molecule has 1 heterocycles. The van der Waals surface area contributed by atoms with Gasteiger partial charge in [0, 0.05) is 27.5 Å². The van der Waals surface area contributed by atoms with Crippen LogP contribution in [0.2, 0.25) is 0 Å². The molecule has 0 saturated heterocycles. The van der Waals surface area contributed by atoms with Crippen molar-refractivity contribution in [2.24, 2.45) is 0 Å². The van der Waals surface area contributed by atoms with Crippen molar-refractivity contribution in [3.8, 4) is 5.69 Å². The number of nitrogens with zero attached hydrogens (tertiary/aromatic N) is 2. The lowest BCUT2D eigenvalue weighted by molar-refractivity contribution is 1.17. The molecule has 8 aromatic carbocycles. The van der Waals surface area contributed by atoms with Gasteiger partial charge in [0.15, 0.2) is 0 Å². The van der Waals surface area contributed by atoms with E-state index in [1.54, 1.807) is 0 Å². The van der Waals surface area contributed by atoms with Crippen molar-refractivity contribution in [3.05, 3.63) is 170 Å². The SMILES string of the molecule is c1ccc(N(c2cccc3c2ccc2c4ccccc4ccc32)c2cccc3c4ccccc4n(-c4ccccc4)c23)cc1. The Morgan fingerprint density at radius 3 is 1.75 bits per heavy atom. The minimum atomic E-state index is 1.12. The zero-order chi connectivity index (χ0) is 29.0. The summed E-state index contributed by atoms with van der Waals surface area (Å²) >= 11 is 0. The molecule has 2 heteroatoms. The number of aromatic nitrogens is 1. The van der Waals surface area contributed by atoms with Crippen LogP contribution in [0.3, 0.4) is 0 Å². The molecule has 1 aromatic heterocycles. The predicted octanol–water partition coefficient (Wildman–Crippen LogP) is 11.7. The first-order chi connectivity index (χ1) is 21.9. The normalized spacial score (nSPS) is 11.6. The lowest BCUT2D eigenvalue weighted by Crippen LogP contribution is -2.12. The van der Waals surface area contributed by atoms with Crippen molar-refractivity contribution in [1.82, 2.24) is 4.57 Å². The second-order valence-electron chi connectivity index (χ2n) is 11.4. The zero-order valence-corrected chi connectivity index (χ0v) is 24.1. The van der Waals surface area contributed by atoms with E-state index in [2.05, 4.69) is 179 Å². The average molecular weight is 561 g/mol. The molecule has 206 valence electrons. The smallest absolute Gasteiger partial charge is 0.0782 e. The number of benzene rings is 8. The van der Waals surface area contributed by atoms with Crippen LogP contribution < -0.4 is 4.90 Å². The molecule has 9 rings (SSSR count). The molecule has 0 spiro atoms. The Morgan fingerprint density at radius 2 is 0.909 bits per heavy atom. The van der Waals surface area contributed by atoms with E-state index in [0.717, 1.165) is 22.7 Å². The van der Waals surface area contributed by atoms with Gasteiger partial charge in [-0.2, -0.15) is 0 Å². The first-order valence-electron chi connectivity index (χ1n) is 15.1. The van der Waals surface area contributed by atoms with Crippen LogP contribution in [0.25, 0.3) is 59.8 Å². The van der Waals surface area contributed by atoms with Crippen LogP contribution >= 0.6 is 0 Å². The molecule has 2 nitrogen and oxygen atoms in total. The van der Waals surface area contributed by atoms with E-state index in [-0.39, 0.29) is 0 Å². The van der Waals surface area contributed by atoms with Crippen molar-refractivity contribution in [2.75, 3.05) is 4.90 Å². The Kier molecular flexibility index (Phi) is 5.54. The van der Waals surface area contributed by atoms with Crippen LogP contribution in [0.15, 0.2) is 170 Å². The van der Waals surface area contributed by atoms with Gasteiger partial charge in [0.05, 0.1) is 22.4 Å². The van der Waals surface area contributed by atoms with Crippen molar-refractivity contribution in [2.45, 2.75) is 0 Å². The molecular formula is C42H28N2.